The quantitative estimate of drug-likeness (QED) is 0.720. The van der Waals surface area contributed by atoms with Crippen molar-refractivity contribution in [2.75, 3.05) is 6.54 Å². The van der Waals surface area contributed by atoms with E-state index in [9.17, 15) is 9.18 Å². The van der Waals surface area contributed by atoms with Gasteiger partial charge >= 0.3 is 0 Å². The lowest BCUT2D eigenvalue weighted by atomic mass is 10.0. The van der Waals surface area contributed by atoms with Crippen molar-refractivity contribution in [1.82, 2.24) is 9.88 Å². The lowest BCUT2D eigenvalue weighted by molar-refractivity contribution is 0.0951. The summed E-state index contributed by atoms with van der Waals surface area (Å²) in [6.45, 7) is 2.76. The Hall–Kier alpha value is -2.62. The molecule has 23 heavy (non-hydrogen) atoms. The number of halogens is 1. The minimum Gasteiger partial charge on any atom is -0.351 e. The Morgan fingerprint density at radius 2 is 1.96 bits per heavy atom. The molecule has 0 radical (unpaired) electrons. The van der Waals surface area contributed by atoms with E-state index in [2.05, 4.69) is 16.8 Å². The molecule has 2 aromatic carbocycles. The second-order valence-corrected chi connectivity index (χ2v) is 6.05. The van der Waals surface area contributed by atoms with Crippen molar-refractivity contribution in [3.63, 3.8) is 0 Å². The Morgan fingerprint density at radius 1 is 1.17 bits per heavy atom. The Labute approximate surface area is 133 Å². The molecule has 1 atom stereocenters. The highest BCUT2D eigenvalue weighted by atomic mass is 19.1. The third-order valence-electron chi connectivity index (χ3n) is 4.50. The summed E-state index contributed by atoms with van der Waals surface area (Å²) in [6.07, 6.45) is 0.855. The van der Waals surface area contributed by atoms with Gasteiger partial charge in [-0.1, -0.05) is 30.3 Å². The number of nitrogens with one attached hydrogen (secondary N) is 1. The molecule has 3 aromatic rings. The van der Waals surface area contributed by atoms with Crippen molar-refractivity contribution < 1.29 is 9.18 Å². The number of amides is 1. The van der Waals surface area contributed by atoms with Gasteiger partial charge < -0.3 is 9.88 Å². The second-order valence-electron chi connectivity index (χ2n) is 6.05. The first-order valence-electron chi connectivity index (χ1n) is 7.83. The van der Waals surface area contributed by atoms with Crippen LogP contribution in [0.15, 0.2) is 48.5 Å². The molecule has 0 saturated heterocycles. The molecular formula is C19H17FN2O. The van der Waals surface area contributed by atoms with Gasteiger partial charge in [-0.05, 0) is 37.1 Å². The van der Waals surface area contributed by atoms with Crippen molar-refractivity contribution >= 4 is 16.8 Å². The van der Waals surface area contributed by atoms with E-state index in [1.807, 2.05) is 30.3 Å². The van der Waals surface area contributed by atoms with E-state index in [0.29, 0.717) is 12.2 Å². The highest BCUT2D eigenvalue weighted by Gasteiger charge is 2.24. The molecule has 0 aliphatic carbocycles. The molecule has 0 saturated carbocycles. The number of hydrogen-bond acceptors (Lipinski definition) is 1. The summed E-state index contributed by atoms with van der Waals surface area (Å²) in [5.74, 6) is -0.379. The highest BCUT2D eigenvalue weighted by Crippen LogP contribution is 2.35. The van der Waals surface area contributed by atoms with Crippen LogP contribution in [0, 0.1) is 5.82 Å². The van der Waals surface area contributed by atoms with Crippen LogP contribution in [0.5, 0.6) is 0 Å². The van der Waals surface area contributed by atoms with E-state index < -0.39 is 0 Å². The van der Waals surface area contributed by atoms with Crippen LogP contribution in [0.3, 0.4) is 0 Å². The van der Waals surface area contributed by atoms with Crippen LogP contribution in [0.25, 0.3) is 22.0 Å². The molecule has 2 heterocycles. The standard InChI is InChI=1S/C19H17FN2O/c1-12-7-8-21-19(23)17-10-14-9-15(20)11-16(18(14)22(12)17)13-5-3-2-4-6-13/h2-6,9-12H,7-8H2,1H3,(H,21,23)/t12-/m0/s1. The molecule has 4 rings (SSSR count). The van der Waals surface area contributed by atoms with Crippen molar-refractivity contribution in [2.45, 2.75) is 19.4 Å². The normalized spacial score (nSPS) is 17.7. The Morgan fingerprint density at radius 3 is 2.74 bits per heavy atom. The van der Waals surface area contributed by atoms with Gasteiger partial charge in [0.05, 0.1) is 5.52 Å². The van der Waals surface area contributed by atoms with Crippen molar-refractivity contribution in [3.05, 3.63) is 60.0 Å². The zero-order chi connectivity index (χ0) is 16.0. The zero-order valence-corrected chi connectivity index (χ0v) is 12.8. The molecule has 0 bridgehead atoms. The number of nitrogens with zero attached hydrogens (tertiary/aromatic N) is 1. The lowest BCUT2D eigenvalue weighted by Crippen LogP contribution is -2.22. The molecule has 4 heteroatoms. The van der Waals surface area contributed by atoms with Gasteiger partial charge in [-0.25, -0.2) is 4.39 Å². The van der Waals surface area contributed by atoms with Crippen molar-refractivity contribution in [2.24, 2.45) is 0 Å². The Balaban J connectivity index is 2.09. The Kier molecular flexibility index (Phi) is 3.18. The van der Waals surface area contributed by atoms with E-state index >= 15 is 0 Å². The van der Waals surface area contributed by atoms with E-state index in [0.717, 1.165) is 28.5 Å². The molecule has 1 N–H and O–H groups in total. The van der Waals surface area contributed by atoms with Crippen LogP contribution in [-0.2, 0) is 0 Å². The third kappa shape index (κ3) is 2.22. The fourth-order valence-electron chi connectivity index (χ4n) is 3.42. The van der Waals surface area contributed by atoms with E-state index in [1.165, 1.54) is 6.07 Å². The van der Waals surface area contributed by atoms with Gasteiger partial charge in [-0.3, -0.25) is 4.79 Å². The minimum atomic E-state index is -0.287. The topological polar surface area (TPSA) is 34.0 Å². The maximum Gasteiger partial charge on any atom is 0.267 e. The number of hydrogen-bond donors (Lipinski definition) is 1. The van der Waals surface area contributed by atoms with Gasteiger partial charge in [0.2, 0.25) is 0 Å². The first kappa shape index (κ1) is 14.0. The minimum absolute atomic E-state index is 0.0926. The lowest BCUT2D eigenvalue weighted by Gasteiger charge is -2.17. The number of fused-ring (bicyclic) bond motifs is 3. The van der Waals surface area contributed by atoms with E-state index in [4.69, 9.17) is 0 Å². The summed E-state index contributed by atoms with van der Waals surface area (Å²) in [5.41, 5.74) is 3.31. The van der Waals surface area contributed by atoms with Crippen LogP contribution in [-0.4, -0.2) is 17.0 Å². The second kappa shape index (κ2) is 5.23. The predicted molar refractivity (Wildman–Crippen MR) is 89.0 cm³/mol. The molecule has 3 nitrogen and oxygen atoms in total. The summed E-state index contributed by atoms with van der Waals surface area (Å²) in [4.78, 5) is 12.3. The maximum atomic E-state index is 14.1. The summed E-state index contributed by atoms with van der Waals surface area (Å²) in [5, 5.41) is 3.68. The fourth-order valence-corrected chi connectivity index (χ4v) is 3.42. The average Bonchev–Trinajstić information content (AvgIpc) is 2.87. The van der Waals surface area contributed by atoms with Crippen LogP contribution in [0.2, 0.25) is 0 Å². The molecule has 0 spiro atoms. The first-order chi connectivity index (χ1) is 11.1. The number of aromatic nitrogens is 1. The van der Waals surface area contributed by atoms with Crippen LogP contribution >= 0.6 is 0 Å². The zero-order valence-electron chi connectivity index (χ0n) is 12.8. The van der Waals surface area contributed by atoms with E-state index in [-0.39, 0.29) is 17.8 Å². The van der Waals surface area contributed by atoms with Crippen molar-refractivity contribution in [3.8, 4) is 11.1 Å². The molecule has 1 amide bonds. The molecule has 1 aromatic heterocycles. The van der Waals surface area contributed by atoms with Gasteiger partial charge in [0.1, 0.15) is 11.5 Å². The van der Waals surface area contributed by atoms with Gasteiger partial charge in [0.25, 0.3) is 5.91 Å². The smallest absolute Gasteiger partial charge is 0.267 e. The largest absolute Gasteiger partial charge is 0.351 e. The van der Waals surface area contributed by atoms with Gasteiger partial charge in [0.15, 0.2) is 0 Å². The summed E-state index contributed by atoms with van der Waals surface area (Å²) in [7, 11) is 0. The van der Waals surface area contributed by atoms with Gasteiger partial charge in [-0.15, -0.1) is 0 Å². The Bertz CT molecular complexity index is 899. The fraction of sp³-hybridized carbons (Fsp3) is 0.211. The molecule has 1 aliphatic heterocycles. The monoisotopic (exact) mass is 308 g/mol. The van der Waals surface area contributed by atoms with Crippen LogP contribution in [0.4, 0.5) is 4.39 Å². The number of benzene rings is 2. The molecule has 0 unspecified atom stereocenters. The van der Waals surface area contributed by atoms with Gasteiger partial charge in [-0.2, -0.15) is 0 Å². The van der Waals surface area contributed by atoms with Crippen LogP contribution < -0.4 is 5.32 Å². The van der Waals surface area contributed by atoms with Gasteiger partial charge in [0, 0.05) is 23.5 Å². The van der Waals surface area contributed by atoms with Crippen molar-refractivity contribution in [1.29, 1.82) is 0 Å². The summed E-state index contributed by atoms with van der Waals surface area (Å²) in [6, 6.07) is 14.8. The van der Waals surface area contributed by atoms with E-state index in [1.54, 1.807) is 12.1 Å². The summed E-state index contributed by atoms with van der Waals surface area (Å²) >= 11 is 0. The highest BCUT2D eigenvalue weighted by molar-refractivity contribution is 6.03. The maximum absolute atomic E-state index is 14.1. The number of carbonyl (C=O) groups is 1. The SMILES string of the molecule is C[C@H]1CCNC(=O)c2cc3cc(F)cc(-c4ccccc4)c3n21. The average molecular weight is 308 g/mol. The molecule has 1 aliphatic rings. The number of rotatable bonds is 1. The summed E-state index contributed by atoms with van der Waals surface area (Å²) < 4.78 is 16.2. The molecular weight excluding hydrogens is 291 g/mol. The molecule has 116 valence electrons. The van der Waals surface area contributed by atoms with Crippen LogP contribution in [0.1, 0.15) is 29.9 Å². The first-order valence-corrected chi connectivity index (χ1v) is 7.83. The molecule has 0 fully saturated rings. The third-order valence-corrected chi connectivity index (χ3v) is 4.50. The predicted octanol–water partition coefficient (Wildman–Crippen LogP) is 4.14. The number of carbonyl (C=O) groups excluding carboxylic acids is 1.